The second-order valence-electron chi connectivity index (χ2n) is 7.00. The Kier molecular flexibility index (Phi) is 6.28. The maximum Gasteiger partial charge on any atom is 0.228 e. The van der Waals surface area contributed by atoms with Crippen molar-refractivity contribution < 1.29 is 24.8 Å². The van der Waals surface area contributed by atoms with E-state index in [1.807, 2.05) is 12.1 Å². The molecule has 0 bridgehead atoms. The predicted octanol–water partition coefficient (Wildman–Crippen LogP) is 0.0308. The molecular formula is C20H23N7O5. The Morgan fingerprint density at radius 2 is 2.03 bits per heavy atom. The van der Waals surface area contributed by atoms with Gasteiger partial charge in [0, 0.05) is 0 Å². The largest absolute Gasteiger partial charge is 0.490 e. The number of hydrogen-bond acceptors (Lipinski definition) is 11. The molecule has 0 radical (unpaired) electrons. The summed E-state index contributed by atoms with van der Waals surface area (Å²) in [6.07, 6.45) is -0.207. The van der Waals surface area contributed by atoms with E-state index in [2.05, 4.69) is 32.1 Å². The summed E-state index contributed by atoms with van der Waals surface area (Å²) in [4.78, 5) is 12.5. The molecule has 4 atom stereocenters. The molecule has 0 saturated carbocycles. The summed E-state index contributed by atoms with van der Waals surface area (Å²) in [5.41, 5.74) is 10.0. The number of hydrazone groups is 1. The van der Waals surface area contributed by atoms with Crippen LogP contribution in [-0.4, -0.2) is 72.6 Å². The van der Waals surface area contributed by atoms with Gasteiger partial charge in [-0.2, -0.15) is 5.10 Å². The average molecular weight is 441 g/mol. The number of rotatable bonds is 8. The highest BCUT2D eigenvalue weighted by Crippen LogP contribution is 2.35. The highest BCUT2D eigenvalue weighted by molar-refractivity contribution is 5.84. The zero-order chi connectivity index (χ0) is 22.7. The number of nitrogens with one attached hydrogen (secondary N) is 1. The van der Waals surface area contributed by atoms with E-state index in [-0.39, 0.29) is 22.9 Å². The van der Waals surface area contributed by atoms with Crippen LogP contribution in [0.3, 0.4) is 0 Å². The number of aliphatic hydroxyl groups excluding tert-OH is 3. The van der Waals surface area contributed by atoms with Crippen molar-refractivity contribution in [3.05, 3.63) is 48.8 Å². The number of fused-ring (bicyclic) bond motifs is 1. The molecule has 1 aliphatic rings. The highest BCUT2D eigenvalue weighted by Gasteiger charge is 2.45. The van der Waals surface area contributed by atoms with Crippen LogP contribution in [0.15, 0.2) is 48.3 Å². The number of ether oxygens (including phenoxy) is 2. The van der Waals surface area contributed by atoms with E-state index in [0.29, 0.717) is 12.4 Å². The van der Waals surface area contributed by atoms with Crippen LogP contribution >= 0.6 is 0 Å². The van der Waals surface area contributed by atoms with Gasteiger partial charge >= 0.3 is 0 Å². The number of nitrogen functional groups attached to an aromatic ring is 1. The lowest BCUT2D eigenvalue weighted by Crippen LogP contribution is -2.33. The second-order valence-corrected chi connectivity index (χ2v) is 7.00. The first kappa shape index (κ1) is 21.6. The maximum atomic E-state index is 10.5. The molecule has 32 heavy (non-hydrogen) atoms. The normalized spacial score (nSPS) is 23.1. The first-order valence-electron chi connectivity index (χ1n) is 9.77. The molecule has 0 amide bonds. The highest BCUT2D eigenvalue weighted by atomic mass is 16.6. The van der Waals surface area contributed by atoms with Gasteiger partial charge in [0.15, 0.2) is 23.2 Å². The number of aromatic nitrogens is 4. The van der Waals surface area contributed by atoms with Crippen molar-refractivity contribution in [2.75, 3.05) is 24.4 Å². The van der Waals surface area contributed by atoms with Crippen molar-refractivity contribution in [2.45, 2.75) is 24.5 Å². The van der Waals surface area contributed by atoms with Gasteiger partial charge in [0.2, 0.25) is 5.95 Å². The predicted molar refractivity (Wildman–Crippen MR) is 116 cm³/mol. The molecule has 0 unspecified atom stereocenters. The SMILES string of the molecule is C=CCOc1ccc(C=NNc2nc3c(N)ncnc3n2[C@@H]2O[C@@H](CO)[C@@H](O)[C@H]2O)cc1. The molecule has 1 fully saturated rings. The first-order valence-corrected chi connectivity index (χ1v) is 9.77. The summed E-state index contributed by atoms with van der Waals surface area (Å²) < 4.78 is 12.5. The summed E-state index contributed by atoms with van der Waals surface area (Å²) in [6, 6.07) is 7.25. The molecule has 0 spiro atoms. The molecule has 2 aromatic heterocycles. The van der Waals surface area contributed by atoms with E-state index in [0.717, 1.165) is 5.56 Å². The Hall–Kier alpha value is -3.58. The Balaban J connectivity index is 1.61. The standard InChI is InChI=1S/C20H23N7O5/c1-2-7-31-12-5-3-11(4-6-12)8-24-26-20-25-14-17(21)22-10-23-18(14)27(20)19-16(30)15(29)13(9-28)32-19/h2-6,8,10,13,15-16,19,28-30H,1,7,9H2,(H,25,26)(H2,21,22,23)/t13-,15+,16+,19+/m0/s1. The third-order valence-electron chi connectivity index (χ3n) is 4.90. The molecule has 3 aromatic rings. The monoisotopic (exact) mass is 441 g/mol. The molecule has 1 aromatic carbocycles. The Morgan fingerprint density at radius 1 is 1.25 bits per heavy atom. The van der Waals surface area contributed by atoms with E-state index in [1.165, 1.54) is 10.9 Å². The van der Waals surface area contributed by atoms with Crippen LogP contribution in [0, 0.1) is 0 Å². The third kappa shape index (κ3) is 4.11. The molecule has 6 N–H and O–H groups in total. The lowest BCUT2D eigenvalue weighted by atomic mass is 10.1. The van der Waals surface area contributed by atoms with Gasteiger partial charge in [0.1, 0.15) is 37.0 Å². The molecule has 0 aliphatic carbocycles. The number of anilines is 2. The van der Waals surface area contributed by atoms with E-state index < -0.39 is 31.1 Å². The fourth-order valence-electron chi connectivity index (χ4n) is 3.31. The molecule has 12 nitrogen and oxygen atoms in total. The van der Waals surface area contributed by atoms with Crippen LogP contribution in [0.2, 0.25) is 0 Å². The van der Waals surface area contributed by atoms with Gasteiger partial charge in [0.05, 0.1) is 12.8 Å². The van der Waals surface area contributed by atoms with Gasteiger partial charge in [-0.1, -0.05) is 12.7 Å². The van der Waals surface area contributed by atoms with Crippen molar-refractivity contribution in [3.63, 3.8) is 0 Å². The Labute approximate surface area is 182 Å². The van der Waals surface area contributed by atoms with E-state index in [4.69, 9.17) is 15.2 Å². The van der Waals surface area contributed by atoms with Gasteiger partial charge < -0.3 is 30.5 Å². The molecule has 12 heteroatoms. The van der Waals surface area contributed by atoms with Gasteiger partial charge in [0.25, 0.3) is 0 Å². The fourth-order valence-corrected chi connectivity index (χ4v) is 3.31. The summed E-state index contributed by atoms with van der Waals surface area (Å²) in [7, 11) is 0. The van der Waals surface area contributed by atoms with E-state index in [1.54, 1.807) is 24.4 Å². The lowest BCUT2D eigenvalue weighted by molar-refractivity contribution is -0.0501. The molecule has 1 aliphatic heterocycles. The molecular weight excluding hydrogens is 418 g/mol. The number of nitrogens with two attached hydrogens (primary N) is 1. The number of hydrogen-bond donors (Lipinski definition) is 5. The minimum absolute atomic E-state index is 0.127. The van der Waals surface area contributed by atoms with Crippen LogP contribution in [0.1, 0.15) is 11.8 Å². The van der Waals surface area contributed by atoms with Crippen molar-refractivity contribution in [3.8, 4) is 5.75 Å². The van der Waals surface area contributed by atoms with Crippen LogP contribution in [0.25, 0.3) is 11.2 Å². The Bertz CT molecular complexity index is 1120. The summed E-state index contributed by atoms with van der Waals surface area (Å²) in [6.45, 7) is 3.56. The van der Waals surface area contributed by atoms with Crippen molar-refractivity contribution in [1.29, 1.82) is 0 Å². The van der Waals surface area contributed by atoms with Crippen molar-refractivity contribution in [2.24, 2.45) is 5.10 Å². The third-order valence-corrected chi connectivity index (χ3v) is 4.90. The van der Waals surface area contributed by atoms with Crippen molar-refractivity contribution >= 4 is 29.1 Å². The van der Waals surface area contributed by atoms with Gasteiger partial charge in [-0.05, 0) is 29.8 Å². The maximum absolute atomic E-state index is 10.5. The van der Waals surface area contributed by atoms with Crippen LogP contribution in [-0.2, 0) is 4.74 Å². The summed E-state index contributed by atoms with van der Waals surface area (Å²) >= 11 is 0. The Morgan fingerprint density at radius 3 is 2.72 bits per heavy atom. The average Bonchev–Trinajstić information content (AvgIpc) is 3.31. The van der Waals surface area contributed by atoms with Crippen LogP contribution in [0.5, 0.6) is 5.75 Å². The lowest BCUT2D eigenvalue weighted by Gasteiger charge is -2.18. The second kappa shape index (κ2) is 9.28. The zero-order valence-corrected chi connectivity index (χ0v) is 16.9. The molecule has 168 valence electrons. The van der Waals surface area contributed by atoms with Gasteiger partial charge in [-0.15, -0.1) is 0 Å². The molecule has 3 heterocycles. The van der Waals surface area contributed by atoms with Crippen LogP contribution < -0.4 is 15.9 Å². The smallest absolute Gasteiger partial charge is 0.228 e. The summed E-state index contributed by atoms with van der Waals surface area (Å²) in [5, 5.41) is 34.2. The number of nitrogens with zero attached hydrogens (tertiary/aromatic N) is 5. The number of aliphatic hydroxyl groups is 3. The minimum atomic E-state index is -1.34. The number of imidazole rings is 1. The van der Waals surface area contributed by atoms with E-state index in [9.17, 15) is 15.3 Å². The first-order chi connectivity index (χ1) is 15.5. The minimum Gasteiger partial charge on any atom is -0.490 e. The fraction of sp³-hybridized carbons (Fsp3) is 0.300. The van der Waals surface area contributed by atoms with Gasteiger partial charge in [-0.25, -0.2) is 20.4 Å². The van der Waals surface area contributed by atoms with Crippen LogP contribution in [0.4, 0.5) is 11.8 Å². The summed E-state index contributed by atoms with van der Waals surface area (Å²) in [5.74, 6) is 0.988. The quantitative estimate of drug-likeness (QED) is 0.182. The zero-order valence-electron chi connectivity index (χ0n) is 16.9. The molecule has 1 saturated heterocycles. The van der Waals surface area contributed by atoms with Crippen molar-refractivity contribution in [1.82, 2.24) is 19.5 Å². The number of benzene rings is 1. The van der Waals surface area contributed by atoms with Gasteiger partial charge in [-0.3, -0.25) is 4.57 Å². The topological polar surface area (TPSA) is 173 Å². The van der Waals surface area contributed by atoms with E-state index >= 15 is 0 Å². The molecule has 4 rings (SSSR count).